The summed E-state index contributed by atoms with van der Waals surface area (Å²) in [6.07, 6.45) is -0.459. The molecule has 0 saturated carbocycles. The summed E-state index contributed by atoms with van der Waals surface area (Å²) in [5.41, 5.74) is -1.47. The molecule has 0 unspecified atom stereocenters. The van der Waals surface area contributed by atoms with Crippen LogP contribution in [0.5, 0.6) is 0 Å². The van der Waals surface area contributed by atoms with E-state index < -0.39 is 29.3 Å². The Kier molecular flexibility index (Phi) is 8.82. The molecule has 2 atom stereocenters. The fourth-order valence-corrected chi connectivity index (χ4v) is 6.84. The maximum absolute atomic E-state index is 16.4. The van der Waals surface area contributed by atoms with E-state index in [2.05, 4.69) is 9.97 Å². The lowest BCUT2D eigenvalue weighted by Gasteiger charge is -2.40. The van der Waals surface area contributed by atoms with E-state index in [1.807, 2.05) is 4.57 Å². The van der Waals surface area contributed by atoms with Gasteiger partial charge >= 0.3 is 12.3 Å². The number of rotatable bonds is 5. The van der Waals surface area contributed by atoms with E-state index in [0.29, 0.717) is 47.3 Å². The lowest BCUT2D eigenvalue weighted by atomic mass is 9.93. The SMILES string of the molecule is CSc1nc2c(F)c(-c3cccc(C)c3C(F)(F)F)c(Cl)cc2c2c1ncn2[C@H]1CCN(C(=O)OC(C)(C)C)[C@H](CCO)C1. The van der Waals surface area contributed by atoms with Gasteiger partial charge < -0.3 is 19.3 Å². The molecule has 1 aliphatic heterocycles. The molecule has 7 nitrogen and oxygen atoms in total. The van der Waals surface area contributed by atoms with Crippen molar-refractivity contribution >= 4 is 51.4 Å². The number of aliphatic hydroxyl groups excluding tert-OH is 1. The maximum atomic E-state index is 16.4. The summed E-state index contributed by atoms with van der Waals surface area (Å²) < 4.78 is 66.3. The molecular formula is C31H33ClF4N4O3S. The number of aliphatic hydroxyl groups is 1. The normalized spacial score (nSPS) is 17.9. The number of likely N-dealkylation sites (tertiary alicyclic amines) is 1. The summed E-state index contributed by atoms with van der Waals surface area (Å²) in [5, 5.41) is 10.3. The number of piperidine rings is 1. The van der Waals surface area contributed by atoms with E-state index in [1.54, 1.807) is 38.3 Å². The Bertz CT molecular complexity index is 1740. The molecule has 1 fully saturated rings. The summed E-state index contributed by atoms with van der Waals surface area (Å²) in [6.45, 7) is 6.91. The smallest absolute Gasteiger partial charge is 0.417 e. The van der Waals surface area contributed by atoms with Crippen LogP contribution in [0, 0.1) is 12.7 Å². The number of thioether (sulfide) groups is 1. The van der Waals surface area contributed by atoms with Crippen molar-refractivity contribution in [3.8, 4) is 11.1 Å². The van der Waals surface area contributed by atoms with Crippen molar-refractivity contribution in [3.05, 3.63) is 52.6 Å². The van der Waals surface area contributed by atoms with Crippen LogP contribution in [-0.2, 0) is 10.9 Å². The fourth-order valence-electron chi connectivity index (χ4n) is 6.02. The number of fused-ring (bicyclic) bond motifs is 3. The van der Waals surface area contributed by atoms with Crippen LogP contribution in [0.4, 0.5) is 22.4 Å². The van der Waals surface area contributed by atoms with Gasteiger partial charge in [-0.2, -0.15) is 13.2 Å². The highest BCUT2D eigenvalue weighted by Crippen LogP contribution is 2.45. The van der Waals surface area contributed by atoms with Crippen molar-refractivity contribution in [2.24, 2.45) is 0 Å². The molecule has 0 spiro atoms. The first kappa shape index (κ1) is 32.3. The summed E-state index contributed by atoms with van der Waals surface area (Å²) in [4.78, 5) is 23.7. The number of benzene rings is 2. The second kappa shape index (κ2) is 12.0. The van der Waals surface area contributed by atoms with Gasteiger partial charge in [-0.3, -0.25) is 0 Å². The Morgan fingerprint density at radius 1 is 1.23 bits per heavy atom. The monoisotopic (exact) mass is 652 g/mol. The molecule has 0 aliphatic carbocycles. The Balaban J connectivity index is 1.66. The third-order valence-electron chi connectivity index (χ3n) is 7.85. The lowest BCUT2D eigenvalue weighted by molar-refractivity contribution is -0.137. The van der Waals surface area contributed by atoms with Crippen LogP contribution < -0.4 is 0 Å². The summed E-state index contributed by atoms with van der Waals surface area (Å²) in [5.74, 6) is -0.952. The van der Waals surface area contributed by atoms with Gasteiger partial charge in [0.05, 0.1) is 22.4 Å². The van der Waals surface area contributed by atoms with Crippen LogP contribution >= 0.6 is 23.4 Å². The number of aromatic nitrogens is 3. The molecular weight excluding hydrogens is 620 g/mol. The fraction of sp³-hybridized carbons (Fsp3) is 0.452. The van der Waals surface area contributed by atoms with Crippen molar-refractivity contribution in [2.75, 3.05) is 19.4 Å². The lowest BCUT2D eigenvalue weighted by Crippen LogP contribution is -2.48. The molecule has 1 N–H and O–H groups in total. The van der Waals surface area contributed by atoms with Gasteiger partial charge in [0.2, 0.25) is 0 Å². The van der Waals surface area contributed by atoms with Crippen LogP contribution in [-0.4, -0.2) is 61.7 Å². The van der Waals surface area contributed by atoms with Gasteiger partial charge in [-0.25, -0.2) is 19.2 Å². The highest BCUT2D eigenvalue weighted by Gasteiger charge is 2.38. The van der Waals surface area contributed by atoms with Crippen molar-refractivity contribution in [1.29, 1.82) is 0 Å². The quantitative estimate of drug-likeness (QED) is 0.172. The highest BCUT2D eigenvalue weighted by molar-refractivity contribution is 7.98. The zero-order valence-electron chi connectivity index (χ0n) is 24.9. The van der Waals surface area contributed by atoms with E-state index >= 15 is 4.39 Å². The zero-order valence-corrected chi connectivity index (χ0v) is 26.5. The number of carbonyl (C=O) groups excluding carboxylic acids is 1. The largest absolute Gasteiger partial charge is 0.444 e. The van der Waals surface area contributed by atoms with Crippen LogP contribution in [0.3, 0.4) is 0 Å². The minimum absolute atomic E-state index is 0.0491. The molecule has 13 heteroatoms. The van der Waals surface area contributed by atoms with Crippen molar-refractivity contribution < 1.29 is 32.2 Å². The molecule has 1 amide bonds. The number of imidazole rings is 1. The molecule has 2 aromatic heterocycles. The Hall–Kier alpha value is -3.09. The van der Waals surface area contributed by atoms with Gasteiger partial charge in [0, 0.05) is 36.2 Å². The third-order valence-corrected chi connectivity index (χ3v) is 8.82. The summed E-state index contributed by atoms with van der Waals surface area (Å²) in [6, 6.07) is 4.91. The Labute approximate surface area is 261 Å². The van der Waals surface area contributed by atoms with Crippen molar-refractivity contribution in [3.63, 3.8) is 0 Å². The molecule has 1 saturated heterocycles. The van der Waals surface area contributed by atoms with E-state index in [0.717, 1.165) is 0 Å². The second-order valence-corrected chi connectivity index (χ2v) is 13.1. The number of aryl methyl sites for hydroxylation is 1. The van der Waals surface area contributed by atoms with Crippen molar-refractivity contribution in [2.45, 2.75) is 75.8 Å². The number of halogens is 5. The minimum atomic E-state index is -4.73. The molecule has 236 valence electrons. The molecule has 0 bridgehead atoms. The van der Waals surface area contributed by atoms with Crippen LogP contribution in [0.25, 0.3) is 33.1 Å². The topological polar surface area (TPSA) is 80.5 Å². The van der Waals surface area contributed by atoms with Gasteiger partial charge in [-0.15, -0.1) is 11.8 Å². The number of nitrogens with zero attached hydrogens (tertiary/aromatic N) is 4. The first-order valence-corrected chi connectivity index (χ1v) is 15.8. The van der Waals surface area contributed by atoms with Gasteiger partial charge in [-0.05, 0) is 70.4 Å². The molecule has 4 aromatic rings. The number of ether oxygens (including phenoxy) is 1. The Morgan fingerprint density at radius 3 is 2.59 bits per heavy atom. The number of alkyl halides is 3. The van der Waals surface area contributed by atoms with E-state index in [4.69, 9.17) is 16.3 Å². The number of amides is 1. The average molecular weight is 653 g/mol. The van der Waals surface area contributed by atoms with Gasteiger partial charge in [0.1, 0.15) is 21.7 Å². The van der Waals surface area contributed by atoms with Gasteiger partial charge in [0.15, 0.2) is 5.82 Å². The predicted octanol–water partition coefficient (Wildman–Crippen LogP) is 8.42. The number of hydrogen-bond acceptors (Lipinski definition) is 6. The van der Waals surface area contributed by atoms with E-state index in [9.17, 15) is 23.1 Å². The van der Waals surface area contributed by atoms with E-state index in [-0.39, 0.29) is 45.9 Å². The van der Waals surface area contributed by atoms with E-state index in [1.165, 1.54) is 43.0 Å². The number of carbonyl (C=O) groups is 1. The number of pyridine rings is 1. The zero-order chi connectivity index (χ0) is 32.1. The van der Waals surface area contributed by atoms with Crippen LogP contribution in [0.2, 0.25) is 5.02 Å². The summed E-state index contributed by atoms with van der Waals surface area (Å²) >= 11 is 7.86. The first-order chi connectivity index (χ1) is 20.7. The third kappa shape index (κ3) is 5.95. The van der Waals surface area contributed by atoms with Crippen LogP contribution in [0.15, 0.2) is 35.6 Å². The molecule has 1 aliphatic rings. The first-order valence-electron chi connectivity index (χ1n) is 14.2. The Morgan fingerprint density at radius 2 is 1.95 bits per heavy atom. The standard InChI is InChI=1S/C31H33ClF4N4O3S/c1-16-7-6-8-19(23(16)31(34,35)36)22-21(32)14-20-25(24(22)33)38-28(44-5)26-27(20)40(15-37-26)17-9-11-39(18(13-17)10-12-41)29(42)43-30(2,3)4/h6-8,14-15,17-18,41H,9-13H2,1-5H3/t17-,18+/m0/s1. The molecule has 0 radical (unpaired) electrons. The average Bonchev–Trinajstić information content (AvgIpc) is 3.37. The van der Waals surface area contributed by atoms with Gasteiger partial charge in [0.25, 0.3) is 0 Å². The molecule has 44 heavy (non-hydrogen) atoms. The highest BCUT2D eigenvalue weighted by atomic mass is 35.5. The minimum Gasteiger partial charge on any atom is -0.444 e. The summed E-state index contributed by atoms with van der Waals surface area (Å²) in [7, 11) is 0. The number of hydrogen-bond donors (Lipinski definition) is 1. The molecule has 2 aromatic carbocycles. The van der Waals surface area contributed by atoms with Crippen molar-refractivity contribution in [1.82, 2.24) is 19.4 Å². The predicted molar refractivity (Wildman–Crippen MR) is 164 cm³/mol. The molecule has 3 heterocycles. The van der Waals surface area contributed by atoms with Gasteiger partial charge in [-0.1, -0.05) is 29.8 Å². The maximum Gasteiger partial charge on any atom is 0.417 e. The molecule has 5 rings (SSSR count). The van der Waals surface area contributed by atoms with Crippen LogP contribution in [0.1, 0.15) is 57.2 Å². The second-order valence-electron chi connectivity index (χ2n) is 11.9.